The van der Waals surface area contributed by atoms with Gasteiger partial charge in [-0.15, -0.1) is 0 Å². The molecule has 96 valence electrons. The van der Waals surface area contributed by atoms with Gasteiger partial charge in [-0.25, -0.2) is 0 Å². The van der Waals surface area contributed by atoms with Crippen LogP contribution in [0.3, 0.4) is 0 Å². The monoisotopic (exact) mass is 257 g/mol. The van der Waals surface area contributed by atoms with Crippen LogP contribution in [0, 0.1) is 0 Å². The molecule has 1 atom stereocenters. The van der Waals surface area contributed by atoms with Crippen LogP contribution < -0.4 is 0 Å². The van der Waals surface area contributed by atoms with Gasteiger partial charge in [0.25, 0.3) is 0 Å². The van der Waals surface area contributed by atoms with Crippen molar-refractivity contribution in [2.45, 2.75) is 12.1 Å². The number of hydrogen-bond donors (Lipinski definition) is 1. The highest BCUT2D eigenvalue weighted by molar-refractivity contribution is 5.90. The molecule has 0 saturated heterocycles. The van der Waals surface area contributed by atoms with Gasteiger partial charge >= 0.3 is 12.1 Å². The first-order valence-electron chi connectivity index (χ1n) is 5.15. The summed E-state index contributed by atoms with van der Waals surface area (Å²) in [5.74, 6) is -3.58. The molecule has 1 heterocycles. The maximum absolute atomic E-state index is 12.9. The molecule has 1 aromatic heterocycles. The second-order valence-electron chi connectivity index (χ2n) is 3.79. The van der Waals surface area contributed by atoms with Gasteiger partial charge in [0.1, 0.15) is 0 Å². The van der Waals surface area contributed by atoms with E-state index in [9.17, 15) is 18.0 Å². The Bertz CT molecular complexity index is 574. The third-order valence-electron chi connectivity index (χ3n) is 2.70. The van der Waals surface area contributed by atoms with Crippen molar-refractivity contribution in [3.05, 3.63) is 36.0 Å². The lowest BCUT2D eigenvalue weighted by atomic mass is 9.98. The SMILES string of the molecule is COC(=O)C(c1c[nH]c2ccccc12)C(F)(F)F. The van der Waals surface area contributed by atoms with Crippen LogP contribution in [0.4, 0.5) is 13.2 Å². The van der Waals surface area contributed by atoms with Crippen LogP contribution in [-0.2, 0) is 9.53 Å². The second-order valence-corrected chi connectivity index (χ2v) is 3.79. The zero-order valence-corrected chi connectivity index (χ0v) is 9.41. The molecule has 2 rings (SSSR count). The predicted octanol–water partition coefficient (Wildman–Crippen LogP) is 2.99. The third-order valence-corrected chi connectivity index (χ3v) is 2.70. The number of carbonyl (C=O) groups excluding carboxylic acids is 1. The lowest BCUT2D eigenvalue weighted by Crippen LogP contribution is -2.29. The third kappa shape index (κ3) is 2.05. The molecule has 0 aliphatic carbocycles. The molecule has 0 amide bonds. The fourth-order valence-electron chi connectivity index (χ4n) is 1.89. The minimum Gasteiger partial charge on any atom is -0.468 e. The van der Waals surface area contributed by atoms with Crippen LogP contribution in [0.25, 0.3) is 10.9 Å². The predicted molar refractivity (Wildman–Crippen MR) is 59.1 cm³/mol. The molecule has 0 spiro atoms. The molecule has 0 radical (unpaired) electrons. The van der Waals surface area contributed by atoms with Crippen LogP contribution in [0.5, 0.6) is 0 Å². The molecule has 0 aliphatic rings. The van der Waals surface area contributed by atoms with E-state index in [2.05, 4.69) is 9.72 Å². The normalized spacial score (nSPS) is 13.6. The number of ether oxygens (including phenoxy) is 1. The summed E-state index contributed by atoms with van der Waals surface area (Å²) in [6, 6.07) is 6.49. The van der Waals surface area contributed by atoms with Gasteiger partial charge in [-0.2, -0.15) is 13.2 Å². The summed E-state index contributed by atoms with van der Waals surface area (Å²) in [6.45, 7) is 0. The smallest absolute Gasteiger partial charge is 0.406 e. The highest BCUT2D eigenvalue weighted by Gasteiger charge is 2.47. The molecule has 1 aromatic carbocycles. The summed E-state index contributed by atoms with van der Waals surface area (Å²) >= 11 is 0. The minimum absolute atomic E-state index is 0.120. The number of H-pyrrole nitrogens is 1. The summed E-state index contributed by atoms with van der Waals surface area (Å²) in [7, 11) is 0.940. The average molecular weight is 257 g/mol. The molecular formula is C12H10F3NO2. The molecule has 1 unspecified atom stereocenters. The maximum atomic E-state index is 12.9. The number of aromatic nitrogens is 1. The number of hydrogen-bond acceptors (Lipinski definition) is 2. The lowest BCUT2D eigenvalue weighted by Gasteiger charge is -2.17. The van der Waals surface area contributed by atoms with Gasteiger partial charge in [-0.05, 0) is 6.07 Å². The van der Waals surface area contributed by atoms with E-state index >= 15 is 0 Å². The average Bonchev–Trinajstić information content (AvgIpc) is 2.71. The van der Waals surface area contributed by atoms with Crippen molar-refractivity contribution in [3.8, 4) is 0 Å². The Labute approximate surface area is 101 Å². The summed E-state index contributed by atoms with van der Waals surface area (Å²) in [6.07, 6.45) is -3.49. The van der Waals surface area contributed by atoms with E-state index in [0.717, 1.165) is 7.11 Å². The molecule has 0 saturated carbocycles. The number of nitrogens with one attached hydrogen (secondary N) is 1. The minimum atomic E-state index is -4.68. The number of carbonyl (C=O) groups is 1. The number of fused-ring (bicyclic) bond motifs is 1. The van der Waals surface area contributed by atoms with Crippen molar-refractivity contribution in [2.24, 2.45) is 0 Å². The molecule has 2 aromatic rings. The Morgan fingerprint density at radius 3 is 2.61 bits per heavy atom. The molecular weight excluding hydrogens is 247 g/mol. The first-order valence-corrected chi connectivity index (χ1v) is 5.15. The highest BCUT2D eigenvalue weighted by atomic mass is 19.4. The van der Waals surface area contributed by atoms with Gasteiger partial charge in [0.05, 0.1) is 7.11 Å². The zero-order chi connectivity index (χ0) is 13.3. The number of esters is 1. The topological polar surface area (TPSA) is 42.1 Å². The summed E-state index contributed by atoms with van der Waals surface area (Å²) < 4.78 is 43.0. The number of aromatic amines is 1. The maximum Gasteiger partial charge on any atom is 0.406 e. The highest BCUT2D eigenvalue weighted by Crippen LogP contribution is 2.38. The van der Waals surface area contributed by atoms with Crippen molar-refractivity contribution in [1.82, 2.24) is 4.98 Å². The van der Waals surface area contributed by atoms with E-state index in [0.29, 0.717) is 10.9 Å². The summed E-state index contributed by atoms with van der Waals surface area (Å²) in [5, 5.41) is 0.366. The second kappa shape index (κ2) is 4.36. The van der Waals surface area contributed by atoms with Crippen LogP contribution in [0.2, 0.25) is 0 Å². The van der Waals surface area contributed by atoms with Crippen molar-refractivity contribution in [2.75, 3.05) is 7.11 Å². The van der Waals surface area contributed by atoms with Crippen molar-refractivity contribution in [3.63, 3.8) is 0 Å². The fraction of sp³-hybridized carbons (Fsp3) is 0.250. The molecule has 0 aliphatic heterocycles. The first-order chi connectivity index (χ1) is 8.45. The molecule has 1 N–H and O–H groups in total. The van der Waals surface area contributed by atoms with E-state index in [1.165, 1.54) is 12.3 Å². The van der Waals surface area contributed by atoms with E-state index < -0.39 is 18.1 Å². The van der Waals surface area contributed by atoms with Gasteiger partial charge in [0.15, 0.2) is 5.92 Å². The Hall–Kier alpha value is -1.98. The van der Waals surface area contributed by atoms with E-state index in [4.69, 9.17) is 0 Å². The van der Waals surface area contributed by atoms with Gasteiger partial charge in [-0.1, -0.05) is 18.2 Å². The Kier molecular flexibility index (Phi) is 3.02. The van der Waals surface area contributed by atoms with Gasteiger partial charge in [-0.3, -0.25) is 4.79 Å². The van der Waals surface area contributed by atoms with Gasteiger partial charge in [0, 0.05) is 22.7 Å². The number of para-hydroxylation sites is 1. The van der Waals surface area contributed by atoms with Crippen LogP contribution >= 0.6 is 0 Å². The Morgan fingerprint density at radius 2 is 2.00 bits per heavy atom. The number of alkyl halides is 3. The van der Waals surface area contributed by atoms with E-state index in [1.54, 1.807) is 18.2 Å². The van der Waals surface area contributed by atoms with Crippen molar-refractivity contribution in [1.29, 1.82) is 0 Å². The molecule has 6 heteroatoms. The first kappa shape index (κ1) is 12.5. The van der Waals surface area contributed by atoms with Crippen LogP contribution in [0.15, 0.2) is 30.5 Å². The lowest BCUT2D eigenvalue weighted by molar-refractivity contribution is -0.179. The molecule has 0 fully saturated rings. The number of halogens is 3. The number of methoxy groups -OCH3 is 1. The number of rotatable bonds is 2. The van der Waals surface area contributed by atoms with E-state index in [1.807, 2.05) is 0 Å². The Balaban J connectivity index is 2.58. The number of benzene rings is 1. The van der Waals surface area contributed by atoms with Gasteiger partial charge < -0.3 is 9.72 Å². The van der Waals surface area contributed by atoms with Crippen LogP contribution in [0.1, 0.15) is 11.5 Å². The Morgan fingerprint density at radius 1 is 1.33 bits per heavy atom. The van der Waals surface area contributed by atoms with Gasteiger partial charge in [0.2, 0.25) is 0 Å². The summed E-state index contributed by atoms with van der Waals surface area (Å²) in [5.41, 5.74) is 0.426. The molecule has 0 bridgehead atoms. The van der Waals surface area contributed by atoms with Crippen LogP contribution in [-0.4, -0.2) is 24.2 Å². The van der Waals surface area contributed by atoms with Crippen molar-refractivity contribution < 1.29 is 22.7 Å². The zero-order valence-electron chi connectivity index (χ0n) is 9.41. The summed E-state index contributed by atoms with van der Waals surface area (Å²) in [4.78, 5) is 14.1. The molecule has 18 heavy (non-hydrogen) atoms. The van der Waals surface area contributed by atoms with Crippen molar-refractivity contribution >= 4 is 16.9 Å². The quantitative estimate of drug-likeness (QED) is 0.840. The molecule has 3 nitrogen and oxygen atoms in total. The standard InChI is InChI=1S/C12H10F3NO2/c1-18-11(17)10(12(13,14)15)8-6-16-9-5-3-2-4-7(8)9/h2-6,10,16H,1H3. The largest absolute Gasteiger partial charge is 0.468 e. The van der Waals surface area contributed by atoms with E-state index in [-0.39, 0.29) is 5.56 Å². The fourth-order valence-corrected chi connectivity index (χ4v) is 1.89.